The van der Waals surface area contributed by atoms with Crippen LogP contribution in [0.3, 0.4) is 0 Å². The quantitative estimate of drug-likeness (QED) is 0.350. The Morgan fingerprint density at radius 3 is 2.62 bits per heavy atom. The number of hydrogen-bond donors (Lipinski definition) is 1. The molecule has 1 heterocycles. The molecule has 2 aliphatic rings. The Balaban J connectivity index is 1.82. The fraction of sp³-hybridized carbons (Fsp3) is 0.222. The largest absolute Gasteiger partial charge is 0.377 e. The van der Waals surface area contributed by atoms with E-state index in [0.717, 1.165) is 26.6 Å². The zero-order valence-corrected chi connectivity index (χ0v) is 15.7. The van der Waals surface area contributed by atoms with E-state index in [2.05, 4.69) is 73.6 Å². The van der Waals surface area contributed by atoms with Crippen LogP contribution in [0.25, 0.3) is 0 Å². The van der Waals surface area contributed by atoms with Crippen LogP contribution in [0.5, 0.6) is 0 Å². The van der Waals surface area contributed by atoms with Crippen molar-refractivity contribution in [2.75, 3.05) is 5.32 Å². The Kier molecular flexibility index (Phi) is 3.96. The summed E-state index contributed by atoms with van der Waals surface area (Å²) in [5.41, 5.74) is 3.32. The minimum atomic E-state index is -0.334. The highest BCUT2D eigenvalue weighted by Gasteiger charge is 2.39. The third-order valence-corrected chi connectivity index (χ3v) is 6.00. The first-order valence-corrected chi connectivity index (χ1v) is 9.29. The van der Waals surface area contributed by atoms with Gasteiger partial charge in [0.2, 0.25) is 0 Å². The smallest absolute Gasteiger partial charge is 0.271 e. The molecule has 3 unspecified atom stereocenters. The Bertz CT molecular complexity index is 849. The molecule has 0 saturated heterocycles. The van der Waals surface area contributed by atoms with Gasteiger partial charge in [-0.25, -0.2) is 0 Å². The first kappa shape index (κ1) is 15.8. The van der Waals surface area contributed by atoms with Gasteiger partial charge in [0.1, 0.15) is 0 Å². The van der Waals surface area contributed by atoms with Gasteiger partial charge in [0.05, 0.1) is 16.7 Å². The van der Waals surface area contributed by atoms with Crippen LogP contribution in [-0.4, -0.2) is 4.92 Å². The number of nitro benzene ring substituents is 1. The lowest BCUT2D eigenvalue weighted by atomic mass is 9.77. The number of nitrogens with zero attached hydrogens (tertiary/aromatic N) is 1. The minimum Gasteiger partial charge on any atom is -0.377 e. The van der Waals surface area contributed by atoms with E-state index in [9.17, 15) is 10.1 Å². The molecule has 0 saturated carbocycles. The van der Waals surface area contributed by atoms with E-state index in [-0.39, 0.29) is 22.6 Å². The molecule has 3 atom stereocenters. The van der Waals surface area contributed by atoms with E-state index in [1.54, 1.807) is 12.1 Å². The molecule has 1 aliphatic heterocycles. The van der Waals surface area contributed by atoms with Gasteiger partial charge < -0.3 is 5.32 Å². The molecule has 2 aromatic rings. The molecule has 1 aliphatic carbocycles. The van der Waals surface area contributed by atoms with Crippen molar-refractivity contribution in [1.82, 2.24) is 0 Å². The van der Waals surface area contributed by atoms with Crippen molar-refractivity contribution in [1.29, 1.82) is 0 Å². The van der Waals surface area contributed by atoms with Crippen LogP contribution in [-0.2, 0) is 0 Å². The van der Waals surface area contributed by atoms with Crippen molar-refractivity contribution >= 4 is 43.2 Å². The predicted octanol–water partition coefficient (Wildman–Crippen LogP) is 5.95. The Hall–Kier alpha value is -1.66. The number of nitrogens with one attached hydrogen (secondary N) is 1. The maximum absolute atomic E-state index is 11.2. The fourth-order valence-electron chi connectivity index (χ4n) is 3.75. The van der Waals surface area contributed by atoms with Gasteiger partial charge in [-0.2, -0.15) is 0 Å². The molecular weight excluding hydrogens is 436 g/mol. The van der Waals surface area contributed by atoms with Crippen molar-refractivity contribution in [3.8, 4) is 0 Å². The standard InChI is InChI=1S/C18H14Br2N2O2/c19-11-6-4-10(5-7-11)17-14-3-1-2-13(14)15-8-12(22(23)24)9-16(20)18(15)21-17/h1-2,4-9,13-14,17,21H,3H2. The average molecular weight is 450 g/mol. The molecule has 0 spiro atoms. The normalized spacial score (nSPS) is 24.2. The Morgan fingerprint density at radius 1 is 1.17 bits per heavy atom. The highest BCUT2D eigenvalue weighted by atomic mass is 79.9. The number of hydrogen-bond acceptors (Lipinski definition) is 3. The van der Waals surface area contributed by atoms with E-state index in [0.29, 0.717) is 5.92 Å². The summed E-state index contributed by atoms with van der Waals surface area (Å²) in [5.74, 6) is 0.568. The molecule has 4 rings (SSSR count). The van der Waals surface area contributed by atoms with E-state index in [1.165, 1.54) is 5.56 Å². The highest BCUT2D eigenvalue weighted by molar-refractivity contribution is 9.10. The summed E-state index contributed by atoms with van der Waals surface area (Å²) in [5, 5.41) is 14.8. The molecule has 4 nitrogen and oxygen atoms in total. The number of fused-ring (bicyclic) bond motifs is 3. The second-order valence-corrected chi connectivity index (χ2v) is 7.95. The maximum atomic E-state index is 11.2. The third-order valence-electron chi connectivity index (χ3n) is 4.85. The summed E-state index contributed by atoms with van der Waals surface area (Å²) in [4.78, 5) is 10.9. The Morgan fingerprint density at radius 2 is 1.92 bits per heavy atom. The molecule has 1 N–H and O–H groups in total. The van der Waals surface area contributed by atoms with Gasteiger partial charge in [-0.1, -0.05) is 40.2 Å². The third kappa shape index (κ3) is 2.58. The first-order valence-electron chi connectivity index (χ1n) is 7.71. The number of anilines is 1. The SMILES string of the molecule is O=[N+]([O-])c1cc(Br)c2c(c1)C1C=CCC1C(c1ccc(Br)cc1)N2. The number of rotatable bonds is 2. The molecule has 0 fully saturated rings. The Labute approximate surface area is 156 Å². The summed E-state index contributed by atoms with van der Waals surface area (Å²) in [6.45, 7) is 0. The van der Waals surface area contributed by atoms with E-state index < -0.39 is 0 Å². The molecular formula is C18H14Br2N2O2. The molecule has 0 bridgehead atoms. The second kappa shape index (κ2) is 6.01. The minimum absolute atomic E-state index is 0.128. The molecule has 122 valence electrons. The van der Waals surface area contributed by atoms with Gasteiger partial charge in [-0.3, -0.25) is 10.1 Å². The van der Waals surface area contributed by atoms with Gasteiger partial charge in [0, 0.05) is 27.0 Å². The molecule has 2 aromatic carbocycles. The van der Waals surface area contributed by atoms with Crippen LogP contribution < -0.4 is 5.32 Å². The number of halogens is 2. The van der Waals surface area contributed by atoms with Gasteiger partial charge in [-0.05, 0) is 51.5 Å². The molecule has 0 amide bonds. The van der Waals surface area contributed by atoms with Crippen LogP contribution in [0, 0.1) is 16.0 Å². The van der Waals surface area contributed by atoms with Crippen LogP contribution in [0.1, 0.15) is 29.5 Å². The zero-order chi connectivity index (χ0) is 16.8. The van der Waals surface area contributed by atoms with Crippen molar-refractivity contribution in [3.05, 3.63) is 78.7 Å². The van der Waals surface area contributed by atoms with Crippen molar-refractivity contribution in [3.63, 3.8) is 0 Å². The van der Waals surface area contributed by atoms with E-state index in [4.69, 9.17) is 0 Å². The van der Waals surface area contributed by atoms with Crippen molar-refractivity contribution in [2.45, 2.75) is 18.4 Å². The number of non-ortho nitro benzene ring substituents is 1. The predicted molar refractivity (Wildman–Crippen MR) is 101 cm³/mol. The topological polar surface area (TPSA) is 55.2 Å². The molecule has 6 heteroatoms. The summed E-state index contributed by atoms with van der Waals surface area (Å²) >= 11 is 6.99. The second-order valence-electron chi connectivity index (χ2n) is 6.18. The number of nitro groups is 1. The van der Waals surface area contributed by atoms with Gasteiger partial charge in [0.25, 0.3) is 5.69 Å². The summed E-state index contributed by atoms with van der Waals surface area (Å²) < 4.78 is 1.80. The summed E-state index contributed by atoms with van der Waals surface area (Å²) in [6.07, 6.45) is 5.34. The average Bonchev–Trinajstić information content (AvgIpc) is 3.05. The van der Waals surface area contributed by atoms with Gasteiger partial charge in [-0.15, -0.1) is 0 Å². The summed E-state index contributed by atoms with van der Waals surface area (Å²) in [7, 11) is 0. The van der Waals surface area contributed by atoms with Crippen LogP contribution >= 0.6 is 31.9 Å². The van der Waals surface area contributed by atoms with E-state index in [1.807, 2.05) is 0 Å². The van der Waals surface area contributed by atoms with Crippen molar-refractivity contribution in [2.24, 2.45) is 5.92 Å². The van der Waals surface area contributed by atoms with Crippen LogP contribution in [0.15, 0.2) is 57.5 Å². The molecule has 0 radical (unpaired) electrons. The summed E-state index contributed by atoms with van der Waals surface area (Å²) in [6, 6.07) is 11.8. The number of allylic oxidation sites excluding steroid dienone is 2. The van der Waals surface area contributed by atoms with Crippen molar-refractivity contribution < 1.29 is 4.92 Å². The number of benzene rings is 2. The van der Waals surface area contributed by atoms with Crippen LogP contribution in [0.4, 0.5) is 11.4 Å². The zero-order valence-electron chi connectivity index (χ0n) is 12.6. The molecule has 24 heavy (non-hydrogen) atoms. The highest BCUT2D eigenvalue weighted by Crippen LogP contribution is 2.52. The molecule has 0 aromatic heterocycles. The van der Waals surface area contributed by atoms with Crippen LogP contribution in [0.2, 0.25) is 0 Å². The fourth-order valence-corrected chi connectivity index (χ4v) is 4.59. The van der Waals surface area contributed by atoms with Gasteiger partial charge >= 0.3 is 0 Å². The monoisotopic (exact) mass is 448 g/mol. The lowest BCUT2D eigenvalue weighted by molar-refractivity contribution is -0.385. The van der Waals surface area contributed by atoms with E-state index >= 15 is 0 Å². The maximum Gasteiger partial charge on any atom is 0.271 e. The first-order chi connectivity index (χ1) is 11.5. The lowest BCUT2D eigenvalue weighted by Gasteiger charge is -2.38. The van der Waals surface area contributed by atoms with Gasteiger partial charge in [0.15, 0.2) is 0 Å². The lowest BCUT2D eigenvalue weighted by Crippen LogP contribution is -2.29.